The van der Waals surface area contributed by atoms with Crippen LogP contribution < -0.4 is 22.5 Å². The first-order valence-corrected chi connectivity index (χ1v) is 17.4. The number of aliphatic imine (C=N–C) groups is 1. The van der Waals surface area contributed by atoms with Crippen molar-refractivity contribution in [2.75, 3.05) is 19.3 Å². The van der Waals surface area contributed by atoms with E-state index in [0.717, 1.165) is 49.8 Å². The van der Waals surface area contributed by atoms with Gasteiger partial charge in [0.1, 0.15) is 5.65 Å². The fourth-order valence-corrected chi connectivity index (χ4v) is 6.52. The molecule has 2 aromatic heterocycles. The van der Waals surface area contributed by atoms with E-state index >= 15 is 4.39 Å². The molecule has 0 radical (unpaired) electrons. The van der Waals surface area contributed by atoms with Crippen LogP contribution in [0.4, 0.5) is 4.39 Å². The predicted molar refractivity (Wildman–Crippen MR) is 188 cm³/mol. The summed E-state index contributed by atoms with van der Waals surface area (Å²) in [6.45, 7) is 8.95. The molecule has 2 aromatic carbocycles. The normalized spacial score (nSPS) is 14.0. The lowest BCUT2D eigenvalue weighted by molar-refractivity contribution is 0.483. The molecule has 3 atom stereocenters. The quantitative estimate of drug-likeness (QED) is 0.0504. The number of aromatic amines is 1. The fraction of sp³-hybridized carbons (Fsp3) is 0.382. The Bertz CT molecular complexity index is 1800. The molecule has 4 aromatic rings. The van der Waals surface area contributed by atoms with E-state index in [1.807, 2.05) is 12.1 Å². The Hall–Kier alpha value is -3.64. The molecule has 3 unspecified atom stereocenters. The van der Waals surface area contributed by atoms with Crippen molar-refractivity contribution >= 4 is 39.3 Å². The molecule has 0 aliphatic rings. The molecule has 0 aliphatic carbocycles. The number of hydrogen-bond acceptors (Lipinski definition) is 6. The van der Waals surface area contributed by atoms with Gasteiger partial charge in [0.25, 0.3) is 0 Å². The molecule has 6 N–H and O–H groups in total. The molecule has 0 bridgehead atoms. The van der Waals surface area contributed by atoms with Crippen molar-refractivity contribution in [1.82, 2.24) is 19.9 Å². The Morgan fingerprint density at radius 2 is 2.04 bits per heavy atom. The average molecular weight is 668 g/mol. The number of nitrogens with two attached hydrogens (primary N) is 2. The second-order valence-electron chi connectivity index (χ2n) is 11.5. The third-order valence-corrected chi connectivity index (χ3v) is 9.06. The number of hydrogen-bond donors (Lipinski definition) is 4. The Morgan fingerprint density at radius 1 is 1.26 bits per heavy atom. The summed E-state index contributed by atoms with van der Waals surface area (Å²) >= 11 is 6.28. The minimum atomic E-state index is -1.32. The number of H-pyrrole nitrogens is 1. The van der Waals surface area contributed by atoms with Crippen molar-refractivity contribution in [3.63, 3.8) is 0 Å². The van der Waals surface area contributed by atoms with E-state index in [1.165, 1.54) is 4.57 Å². The molecule has 12 heteroatoms. The van der Waals surface area contributed by atoms with Gasteiger partial charge in [-0.25, -0.2) is 9.18 Å². The first kappa shape index (κ1) is 35.2. The molecule has 0 aliphatic heterocycles. The summed E-state index contributed by atoms with van der Waals surface area (Å²) in [5, 5.41) is 4.19. The first-order valence-electron chi connectivity index (χ1n) is 15.5. The van der Waals surface area contributed by atoms with E-state index in [4.69, 9.17) is 23.1 Å². The SMILES string of the molecule is C=CC(N)CCCc1cc(Cl)c(F)c(-c2cc3cn(-c4ccc(C(CCC)NCCCN=C(C)N)c(S(C)=O)c4)c(=O)nc3[nH]2)c1. The van der Waals surface area contributed by atoms with Gasteiger partial charge in [0.2, 0.25) is 0 Å². The molecule has 0 saturated heterocycles. The van der Waals surface area contributed by atoms with Crippen LogP contribution in [0.15, 0.2) is 69.9 Å². The summed E-state index contributed by atoms with van der Waals surface area (Å²) in [7, 11) is -1.32. The smallest absolute Gasteiger partial charge is 0.354 e. The lowest BCUT2D eigenvalue weighted by atomic mass is 10.0. The van der Waals surface area contributed by atoms with Crippen molar-refractivity contribution in [3.8, 4) is 16.9 Å². The zero-order chi connectivity index (χ0) is 33.4. The number of nitrogens with zero attached hydrogens (tertiary/aromatic N) is 3. The van der Waals surface area contributed by atoms with Crippen molar-refractivity contribution < 1.29 is 8.60 Å². The maximum Gasteiger partial charge on any atom is 0.354 e. The van der Waals surface area contributed by atoms with Gasteiger partial charge in [0.05, 0.1) is 33.0 Å². The lowest BCUT2D eigenvalue weighted by Gasteiger charge is -2.22. The number of benzene rings is 2. The highest BCUT2D eigenvalue weighted by molar-refractivity contribution is 7.84. The van der Waals surface area contributed by atoms with E-state index < -0.39 is 22.3 Å². The maximum absolute atomic E-state index is 15.2. The number of fused-ring (bicyclic) bond motifs is 1. The summed E-state index contributed by atoms with van der Waals surface area (Å²) < 4.78 is 29.6. The molecule has 46 heavy (non-hydrogen) atoms. The number of amidine groups is 1. The van der Waals surface area contributed by atoms with E-state index in [0.29, 0.717) is 51.7 Å². The minimum Gasteiger partial charge on any atom is -0.388 e. The zero-order valence-electron chi connectivity index (χ0n) is 26.6. The molecule has 246 valence electrons. The third-order valence-electron chi connectivity index (χ3n) is 7.82. The molecule has 4 rings (SSSR count). The van der Waals surface area contributed by atoms with Gasteiger partial charge < -0.3 is 21.8 Å². The van der Waals surface area contributed by atoms with Crippen molar-refractivity contribution in [3.05, 3.63) is 87.7 Å². The first-order chi connectivity index (χ1) is 22.0. The molecular formula is C34H43ClFN7O2S. The molecule has 0 saturated carbocycles. The summed E-state index contributed by atoms with van der Waals surface area (Å²) in [6.07, 6.45) is 9.83. The van der Waals surface area contributed by atoms with Gasteiger partial charge in [-0.3, -0.25) is 13.8 Å². The van der Waals surface area contributed by atoms with Crippen LogP contribution in [0.25, 0.3) is 28.0 Å². The highest BCUT2D eigenvalue weighted by Crippen LogP contribution is 2.32. The van der Waals surface area contributed by atoms with Crippen molar-refractivity contribution in [2.24, 2.45) is 16.5 Å². The van der Waals surface area contributed by atoms with Crippen LogP contribution in [0.2, 0.25) is 5.02 Å². The second kappa shape index (κ2) is 16.3. The van der Waals surface area contributed by atoms with Gasteiger partial charge in [-0.2, -0.15) is 4.98 Å². The van der Waals surface area contributed by atoms with Crippen molar-refractivity contribution in [1.29, 1.82) is 0 Å². The molecule has 2 heterocycles. The van der Waals surface area contributed by atoms with Crippen LogP contribution in [0, 0.1) is 5.82 Å². The maximum atomic E-state index is 15.2. The average Bonchev–Trinajstić information content (AvgIpc) is 3.43. The Labute approximate surface area is 276 Å². The predicted octanol–water partition coefficient (Wildman–Crippen LogP) is 5.94. The molecule has 0 spiro atoms. The van der Waals surface area contributed by atoms with Gasteiger partial charge in [0, 0.05) is 46.9 Å². The van der Waals surface area contributed by atoms with Crippen LogP contribution in [-0.4, -0.2) is 50.0 Å². The number of aryl methyl sites for hydroxylation is 1. The Morgan fingerprint density at radius 3 is 2.74 bits per heavy atom. The Balaban J connectivity index is 1.65. The fourth-order valence-electron chi connectivity index (χ4n) is 5.45. The number of rotatable bonds is 16. The van der Waals surface area contributed by atoms with E-state index in [2.05, 4.69) is 33.8 Å². The third kappa shape index (κ3) is 8.79. The highest BCUT2D eigenvalue weighted by Gasteiger charge is 2.19. The zero-order valence-corrected chi connectivity index (χ0v) is 28.2. The largest absolute Gasteiger partial charge is 0.388 e. The monoisotopic (exact) mass is 667 g/mol. The van der Waals surface area contributed by atoms with Gasteiger partial charge in [-0.1, -0.05) is 37.1 Å². The number of aromatic nitrogens is 3. The summed E-state index contributed by atoms with van der Waals surface area (Å²) in [5.41, 5.74) is 14.5. The Kier molecular flexibility index (Phi) is 12.5. The minimum absolute atomic E-state index is 0.0123. The number of nitrogens with one attached hydrogen (secondary N) is 2. The lowest BCUT2D eigenvalue weighted by Crippen LogP contribution is -2.25. The molecule has 0 fully saturated rings. The highest BCUT2D eigenvalue weighted by atomic mass is 35.5. The standard InChI is InChI=1S/C34H43ClFN7O2S/c1-5-9-29(40-15-8-14-39-21(3)37)26-13-12-25(19-31(26)46(4)45)43-20-23-18-30(41-33(23)42-34(43)44)27-16-22(17-28(35)32(27)36)10-7-11-24(38)6-2/h6,12-13,16-20,24,29,40H,2,5,7-11,14-15,38H2,1,3-4H3,(H2,37,39)(H,41,42,44). The van der Waals surface area contributed by atoms with Crippen molar-refractivity contribution in [2.45, 2.75) is 69.4 Å². The van der Waals surface area contributed by atoms with Crippen LogP contribution in [0.3, 0.4) is 0 Å². The van der Waals surface area contributed by atoms with E-state index in [9.17, 15) is 9.00 Å². The van der Waals surface area contributed by atoms with Gasteiger partial charge in [-0.05, 0) is 87.0 Å². The van der Waals surface area contributed by atoms with E-state index in [1.54, 1.807) is 49.7 Å². The number of halogens is 2. The second-order valence-corrected chi connectivity index (χ2v) is 13.2. The molecular weight excluding hydrogens is 625 g/mol. The van der Waals surface area contributed by atoms with Gasteiger partial charge in [-0.15, -0.1) is 6.58 Å². The van der Waals surface area contributed by atoms with E-state index in [-0.39, 0.29) is 17.1 Å². The summed E-state index contributed by atoms with van der Waals surface area (Å²) in [5.74, 6) is 0.00323. The topological polar surface area (TPSA) is 144 Å². The van der Waals surface area contributed by atoms with Crippen LogP contribution in [0.1, 0.15) is 63.1 Å². The van der Waals surface area contributed by atoms with Crippen LogP contribution in [-0.2, 0) is 17.2 Å². The molecule has 0 amide bonds. The van der Waals surface area contributed by atoms with Gasteiger partial charge in [0.15, 0.2) is 5.82 Å². The summed E-state index contributed by atoms with van der Waals surface area (Å²) in [4.78, 5) is 25.4. The van der Waals surface area contributed by atoms with Crippen LogP contribution in [0.5, 0.6) is 0 Å². The molecule has 9 nitrogen and oxygen atoms in total. The summed E-state index contributed by atoms with van der Waals surface area (Å²) in [6, 6.07) is 10.6. The van der Waals surface area contributed by atoms with Crippen LogP contribution >= 0.6 is 11.6 Å². The van der Waals surface area contributed by atoms with Gasteiger partial charge >= 0.3 is 5.69 Å².